The topological polar surface area (TPSA) is 24.7 Å². The predicted molar refractivity (Wildman–Crippen MR) is 52.4 cm³/mol. The smallest absolute Gasteiger partial charge is 0.0690 e. The second kappa shape index (κ2) is 5.99. The van der Waals surface area contributed by atoms with Gasteiger partial charge in [0.2, 0.25) is 0 Å². The number of azo groups is 1. The molecule has 11 heavy (non-hydrogen) atoms. The molecule has 0 bridgehead atoms. The van der Waals surface area contributed by atoms with Crippen LogP contribution in [0.4, 0.5) is 0 Å². The lowest BCUT2D eigenvalue weighted by atomic mass is 10.1. The van der Waals surface area contributed by atoms with Gasteiger partial charge in [-0.3, -0.25) is 0 Å². The van der Waals surface area contributed by atoms with Gasteiger partial charge in [-0.2, -0.15) is 10.2 Å². The summed E-state index contributed by atoms with van der Waals surface area (Å²) in [6.45, 7) is 7.71. The SMILES string of the molecule is C=C/C=C(\N=N/C=P)C(C)C. The van der Waals surface area contributed by atoms with Crippen LogP contribution in [0.25, 0.3) is 0 Å². The maximum Gasteiger partial charge on any atom is 0.0690 e. The quantitative estimate of drug-likeness (QED) is 0.350. The molecule has 0 fully saturated rings. The van der Waals surface area contributed by atoms with Crippen molar-refractivity contribution in [2.75, 3.05) is 0 Å². The van der Waals surface area contributed by atoms with E-state index in [4.69, 9.17) is 0 Å². The third-order valence-corrected chi connectivity index (χ3v) is 1.23. The molecule has 0 heterocycles. The minimum atomic E-state index is 0.378. The summed E-state index contributed by atoms with van der Waals surface area (Å²) in [5, 5.41) is 7.65. The molecular formula is C8H13N2P. The van der Waals surface area contributed by atoms with Gasteiger partial charge in [-0.15, -0.1) is 0 Å². The van der Waals surface area contributed by atoms with Crippen molar-refractivity contribution in [3.05, 3.63) is 24.4 Å². The maximum absolute atomic E-state index is 3.94. The van der Waals surface area contributed by atoms with Crippen molar-refractivity contribution in [3.63, 3.8) is 0 Å². The van der Waals surface area contributed by atoms with E-state index in [1.54, 1.807) is 6.08 Å². The Kier molecular flexibility index (Phi) is 5.58. The van der Waals surface area contributed by atoms with E-state index < -0.39 is 0 Å². The van der Waals surface area contributed by atoms with E-state index in [9.17, 15) is 0 Å². The fraction of sp³-hybridized carbons (Fsp3) is 0.375. The average molecular weight is 168 g/mol. The normalized spacial score (nSPS) is 12.5. The van der Waals surface area contributed by atoms with Crippen LogP contribution in [0.5, 0.6) is 0 Å². The standard InChI is InChI=1S/C8H13N2P/c1-4-5-8(7(2)3)10-9-6-11/h4-7,11H,1H2,2-3H3/b8-5-,10-9-. The molecule has 0 aromatic rings. The van der Waals surface area contributed by atoms with E-state index >= 15 is 0 Å². The molecule has 60 valence electrons. The van der Waals surface area contributed by atoms with E-state index in [1.165, 1.54) is 5.92 Å². The summed E-state index contributed by atoms with van der Waals surface area (Å²) in [5.41, 5.74) is 0.925. The molecule has 0 amide bonds. The van der Waals surface area contributed by atoms with Gasteiger partial charge in [-0.25, -0.2) is 0 Å². The Morgan fingerprint density at radius 3 is 2.55 bits per heavy atom. The molecule has 0 rings (SSSR count). The van der Waals surface area contributed by atoms with E-state index in [0.29, 0.717) is 5.92 Å². The first-order valence-corrected chi connectivity index (χ1v) is 4.02. The molecule has 3 heteroatoms. The number of nitrogens with zero attached hydrogens (tertiary/aromatic N) is 2. The van der Waals surface area contributed by atoms with Crippen molar-refractivity contribution in [2.24, 2.45) is 16.1 Å². The summed E-state index contributed by atoms with van der Waals surface area (Å²) in [6.07, 6.45) is 3.56. The van der Waals surface area contributed by atoms with Crippen LogP contribution in [0.2, 0.25) is 0 Å². The van der Waals surface area contributed by atoms with Crippen LogP contribution in [-0.4, -0.2) is 5.92 Å². The first-order valence-electron chi connectivity index (χ1n) is 3.44. The van der Waals surface area contributed by atoms with Crippen LogP contribution in [0.15, 0.2) is 34.7 Å². The summed E-state index contributed by atoms with van der Waals surface area (Å²) in [7, 11) is 3.08. The van der Waals surface area contributed by atoms with Crippen molar-refractivity contribution in [2.45, 2.75) is 13.8 Å². The lowest BCUT2D eigenvalue weighted by molar-refractivity contribution is 0.745. The lowest BCUT2D eigenvalue weighted by Gasteiger charge is -2.00. The van der Waals surface area contributed by atoms with E-state index in [2.05, 4.69) is 39.5 Å². The molecule has 0 aromatic carbocycles. The van der Waals surface area contributed by atoms with Gasteiger partial charge >= 0.3 is 0 Å². The molecule has 0 unspecified atom stereocenters. The van der Waals surface area contributed by atoms with Crippen LogP contribution in [-0.2, 0) is 0 Å². The van der Waals surface area contributed by atoms with Gasteiger partial charge < -0.3 is 0 Å². The summed E-state index contributed by atoms with van der Waals surface area (Å²) in [5.74, 6) is 1.85. The lowest BCUT2D eigenvalue weighted by Crippen LogP contribution is -1.88. The van der Waals surface area contributed by atoms with Gasteiger partial charge in [0.25, 0.3) is 0 Å². The second-order valence-corrected chi connectivity index (χ2v) is 2.58. The molecule has 0 radical (unpaired) electrons. The zero-order chi connectivity index (χ0) is 8.69. The predicted octanol–water partition coefficient (Wildman–Crippen LogP) is 3.07. The van der Waals surface area contributed by atoms with Crippen LogP contribution >= 0.6 is 8.86 Å². The molecule has 0 aliphatic rings. The minimum Gasteiger partial charge on any atom is -0.155 e. The van der Waals surface area contributed by atoms with Crippen molar-refractivity contribution in [3.8, 4) is 0 Å². The summed E-state index contributed by atoms with van der Waals surface area (Å²) < 4.78 is 0. The van der Waals surface area contributed by atoms with Gasteiger partial charge in [-0.05, 0) is 12.0 Å². The van der Waals surface area contributed by atoms with Crippen molar-refractivity contribution in [1.29, 1.82) is 0 Å². The third kappa shape index (κ3) is 4.63. The summed E-state index contributed by atoms with van der Waals surface area (Å²) in [4.78, 5) is 0. The number of rotatable bonds is 4. The Morgan fingerprint density at radius 1 is 1.55 bits per heavy atom. The fourth-order valence-electron chi connectivity index (χ4n) is 0.558. The number of allylic oxidation sites excluding steroid dienone is 3. The summed E-state index contributed by atoms with van der Waals surface area (Å²) >= 11 is 0. The Bertz CT molecular complexity index is 192. The molecule has 0 spiro atoms. The number of hydrogen-bond acceptors (Lipinski definition) is 1. The highest BCUT2D eigenvalue weighted by atomic mass is 31.0. The zero-order valence-electron chi connectivity index (χ0n) is 6.91. The minimum absolute atomic E-state index is 0.378. The Morgan fingerprint density at radius 2 is 2.18 bits per heavy atom. The highest BCUT2D eigenvalue weighted by molar-refractivity contribution is 7.18. The zero-order valence-corrected chi connectivity index (χ0v) is 7.91. The molecule has 0 aromatic heterocycles. The van der Waals surface area contributed by atoms with Crippen molar-refractivity contribution < 1.29 is 0 Å². The molecular weight excluding hydrogens is 155 g/mol. The van der Waals surface area contributed by atoms with Gasteiger partial charge in [0.15, 0.2) is 0 Å². The molecule has 0 N–H and O–H groups in total. The van der Waals surface area contributed by atoms with Gasteiger partial charge in [0.05, 0.1) is 11.6 Å². The van der Waals surface area contributed by atoms with Crippen LogP contribution in [0.1, 0.15) is 13.8 Å². The maximum atomic E-state index is 3.94. The van der Waals surface area contributed by atoms with Crippen LogP contribution in [0, 0.1) is 5.92 Å². The molecule has 0 aliphatic heterocycles. The monoisotopic (exact) mass is 168 g/mol. The first kappa shape index (κ1) is 10.2. The molecule has 0 aliphatic carbocycles. The van der Waals surface area contributed by atoms with Crippen LogP contribution in [0.3, 0.4) is 0 Å². The highest BCUT2D eigenvalue weighted by Crippen LogP contribution is 2.10. The molecule has 0 saturated heterocycles. The van der Waals surface area contributed by atoms with Gasteiger partial charge in [-0.1, -0.05) is 35.4 Å². The Hall–Kier alpha value is -0.750. The number of hydrogen-bond donors (Lipinski definition) is 0. The Labute approximate surface area is 69.9 Å². The van der Waals surface area contributed by atoms with Crippen molar-refractivity contribution >= 4 is 14.8 Å². The van der Waals surface area contributed by atoms with Crippen LogP contribution < -0.4 is 0 Å². The first-order chi connectivity index (χ1) is 5.22. The van der Waals surface area contributed by atoms with Gasteiger partial charge in [0.1, 0.15) is 0 Å². The highest BCUT2D eigenvalue weighted by Gasteiger charge is 1.98. The fourth-order valence-corrected chi connectivity index (χ4v) is 0.615. The largest absolute Gasteiger partial charge is 0.155 e. The van der Waals surface area contributed by atoms with Gasteiger partial charge in [0, 0.05) is 0 Å². The molecule has 0 atom stereocenters. The van der Waals surface area contributed by atoms with E-state index in [0.717, 1.165) is 5.70 Å². The third-order valence-electron chi connectivity index (χ3n) is 1.11. The van der Waals surface area contributed by atoms with Crippen molar-refractivity contribution in [1.82, 2.24) is 0 Å². The molecule has 0 saturated carbocycles. The Balaban J connectivity index is 4.34. The molecule has 2 nitrogen and oxygen atoms in total. The summed E-state index contributed by atoms with van der Waals surface area (Å²) in [6, 6.07) is 0. The van der Waals surface area contributed by atoms with E-state index in [1.807, 2.05) is 6.08 Å². The second-order valence-electron chi connectivity index (χ2n) is 2.33. The average Bonchev–Trinajstić information content (AvgIpc) is 1.97. The van der Waals surface area contributed by atoms with E-state index in [-0.39, 0.29) is 0 Å².